The molecule has 0 amide bonds. The highest BCUT2D eigenvalue weighted by molar-refractivity contribution is 9.10. The summed E-state index contributed by atoms with van der Waals surface area (Å²) in [5.74, 6) is 1.19. The fourth-order valence-electron chi connectivity index (χ4n) is 1.32. The van der Waals surface area contributed by atoms with Crippen molar-refractivity contribution in [2.75, 3.05) is 0 Å². The predicted octanol–water partition coefficient (Wildman–Crippen LogP) is 1.65. The van der Waals surface area contributed by atoms with Crippen molar-refractivity contribution in [1.29, 1.82) is 0 Å². The lowest BCUT2D eigenvalue weighted by Gasteiger charge is -1.97. The topological polar surface area (TPSA) is 61.8 Å². The van der Waals surface area contributed by atoms with Crippen LogP contribution in [0.25, 0.3) is 0 Å². The first-order valence-corrected chi connectivity index (χ1v) is 5.32. The zero-order chi connectivity index (χ0) is 10.7. The normalized spacial score (nSPS) is 10.5. The van der Waals surface area contributed by atoms with Crippen molar-refractivity contribution >= 4 is 15.9 Å². The molecule has 1 aromatic carbocycles. The highest BCUT2D eigenvalue weighted by Gasteiger charge is 2.03. The van der Waals surface area contributed by atoms with E-state index in [0.717, 1.165) is 15.9 Å². The first-order valence-electron chi connectivity index (χ1n) is 4.53. The van der Waals surface area contributed by atoms with Crippen molar-refractivity contribution < 1.29 is 5.11 Å². The van der Waals surface area contributed by atoms with Gasteiger partial charge in [-0.1, -0.05) is 28.1 Å². The Hall–Kier alpha value is -1.20. The summed E-state index contributed by atoms with van der Waals surface area (Å²) in [7, 11) is 0. The van der Waals surface area contributed by atoms with Gasteiger partial charge in [0.25, 0.3) is 0 Å². The molecule has 2 aromatic rings. The monoisotopic (exact) mass is 267 g/mol. The zero-order valence-corrected chi connectivity index (χ0v) is 9.53. The van der Waals surface area contributed by atoms with E-state index < -0.39 is 0 Å². The second-order valence-corrected chi connectivity index (χ2v) is 4.08. The third-order valence-corrected chi connectivity index (χ3v) is 2.47. The Morgan fingerprint density at radius 1 is 1.40 bits per heavy atom. The van der Waals surface area contributed by atoms with Crippen LogP contribution in [0.1, 0.15) is 17.2 Å². The van der Waals surface area contributed by atoms with Gasteiger partial charge in [0.2, 0.25) is 0 Å². The van der Waals surface area contributed by atoms with E-state index in [1.807, 2.05) is 24.3 Å². The molecule has 0 bridgehead atoms. The van der Waals surface area contributed by atoms with Crippen LogP contribution in [0.3, 0.4) is 0 Å². The molecular weight excluding hydrogens is 258 g/mol. The predicted molar refractivity (Wildman–Crippen MR) is 59.3 cm³/mol. The summed E-state index contributed by atoms with van der Waals surface area (Å²) in [6.07, 6.45) is 0.687. The Balaban J connectivity index is 2.14. The van der Waals surface area contributed by atoms with Gasteiger partial charge in [0.15, 0.2) is 5.82 Å². The van der Waals surface area contributed by atoms with Gasteiger partial charge in [0.1, 0.15) is 12.4 Å². The third kappa shape index (κ3) is 2.64. The molecule has 1 heterocycles. The van der Waals surface area contributed by atoms with Crippen molar-refractivity contribution in [1.82, 2.24) is 15.2 Å². The lowest BCUT2D eigenvalue weighted by Crippen LogP contribution is -1.91. The minimum absolute atomic E-state index is 0.130. The van der Waals surface area contributed by atoms with Gasteiger partial charge >= 0.3 is 0 Å². The molecule has 0 spiro atoms. The Morgan fingerprint density at radius 2 is 2.27 bits per heavy atom. The number of aromatic amines is 1. The maximum absolute atomic E-state index is 8.81. The Bertz CT molecular complexity index is 455. The van der Waals surface area contributed by atoms with Crippen LogP contribution in [0.5, 0.6) is 0 Å². The van der Waals surface area contributed by atoms with Gasteiger partial charge in [0.05, 0.1) is 0 Å². The number of halogens is 1. The molecule has 5 heteroatoms. The summed E-state index contributed by atoms with van der Waals surface area (Å²) in [5, 5.41) is 15.5. The van der Waals surface area contributed by atoms with Crippen LogP contribution >= 0.6 is 15.9 Å². The number of hydrogen-bond acceptors (Lipinski definition) is 3. The number of aliphatic hydroxyl groups is 1. The van der Waals surface area contributed by atoms with Crippen molar-refractivity contribution in [2.24, 2.45) is 0 Å². The molecule has 0 saturated carbocycles. The third-order valence-electron chi connectivity index (χ3n) is 1.98. The largest absolute Gasteiger partial charge is 0.388 e. The first-order chi connectivity index (χ1) is 7.28. The first kappa shape index (κ1) is 10.3. The molecule has 15 heavy (non-hydrogen) atoms. The fourth-order valence-corrected chi connectivity index (χ4v) is 1.77. The van der Waals surface area contributed by atoms with Crippen molar-refractivity contribution in [3.63, 3.8) is 0 Å². The molecule has 0 aliphatic carbocycles. The summed E-state index contributed by atoms with van der Waals surface area (Å²) >= 11 is 3.41. The number of hydrogen-bond donors (Lipinski definition) is 2. The lowest BCUT2D eigenvalue weighted by atomic mass is 10.1. The van der Waals surface area contributed by atoms with Gasteiger partial charge in [-0.3, -0.25) is 5.10 Å². The van der Waals surface area contributed by atoms with Gasteiger partial charge in [-0.25, -0.2) is 4.98 Å². The van der Waals surface area contributed by atoms with E-state index in [2.05, 4.69) is 31.1 Å². The molecule has 0 unspecified atom stereocenters. The average molecular weight is 268 g/mol. The standard InChI is InChI=1S/C10H10BrN3O/c11-8-3-1-2-7(4-8)5-9-12-10(6-15)14-13-9/h1-4,15H,5-6H2,(H,12,13,14). The Kier molecular flexibility index (Phi) is 3.13. The average Bonchev–Trinajstić information content (AvgIpc) is 2.65. The minimum atomic E-state index is -0.130. The Labute approximate surface area is 95.5 Å². The molecule has 78 valence electrons. The number of rotatable bonds is 3. The number of H-pyrrole nitrogens is 1. The van der Waals surface area contributed by atoms with Crippen molar-refractivity contribution in [3.8, 4) is 0 Å². The van der Waals surface area contributed by atoms with Crippen LogP contribution in [-0.2, 0) is 13.0 Å². The Morgan fingerprint density at radius 3 is 2.93 bits per heavy atom. The lowest BCUT2D eigenvalue weighted by molar-refractivity contribution is 0.272. The van der Waals surface area contributed by atoms with Gasteiger partial charge < -0.3 is 5.11 Å². The van der Waals surface area contributed by atoms with E-state index >= 15 is 0 Å². The molecular formula is C10H10BrN3O. The molecule has 0 saturated heterocycles. The van der Waals surface area contributed by atoms with Crippen LogP contribution in [0.15, 0.2) is 28.7 Å². The molecule has 2 rings (SSSR count). The van der Waals surface area contributed by atoms with Gasteiger partial charge in [-0.15, -0.1) is 0 Å². The number of benzene rings is 1. The molecule has 4 nitrogen and oxygen atoms in total. The summed E-state index contributed by atoms with van der Waals surface area (Å²) in [6.45, 7) is -0.130. The van der Waals surface area contributed by atoms with Gasteiger partial charge in [-0.2, -0.15) is 5.10 Å². The van der Waals surface area contributed by atoms with Crippen molar-refractivity contribution in [2.45, 2.75) is 13.0 Å². The summed E-state index contributed by atoms with van der Waals surface area (Å²) < 4.78 is 1.04. The maximum Gasteiger partial charge on any atom is 0.176 e. The fraction of sp³-hybridized carbons (Fsp3) is 0.200. The number of aliphatic hydroxyl groups excluding tert-OH is 1. The van der Waals surface area contributed by atoms with Crippen LogP contribution < -0.4 is 0 Å². The molecule has 0 atom stereocenters. The quantitative estimate of drug-likeness (QED) is 0.889. The van der Waals surface area contributed by atoms with E-state index in [0.29, 0.717) is 12.2 Å². The number of nitrogens with one attached hydrogen (secondary N) is 1. The SMILES string of the molecule is OCc1n[nH]c(Cc2cccc(Br)c2)n1. The smallest absolute Gasteiger partial charge is 0.176 e. The summed E-state index contributed by atoms with van der Waals surface area (Å²) in [5.41, 5.74) is 1.14. The minimum Gasteiger partial charge on any atom is -0.388 e. The highest BCUT2D eigenvalue weighted by Crippen LogP contribution is 2.13. The second kappa shape index (κ2) is 4.55. The molecule has 1 aromatic heterocycles. The maximum atomic E-state index is 8.81. The number of nitrogens with zero attached hydrogens (tertiary/aromatic N) is 2. The van der Waals surface area contributed by atoms with E-state index in [1.165, 1.54) is 0 Å². The molecule has 0 radical (unpaired) electrons. The molecule has 0 fully saturated rings. The van der Waals surface area contributed by atoms with Crippen LogP contribution in [0.4, 0.5) is 0 Å². The highest BCUT2D eigenvalue weighted by atomic mass is 79.9. The van der Waals surface area contributed by atoms with E-state index in [1.54, 1.807) is 0 Å². The van der Waals surface area contributed by atoms with Crippen LogP contribution in [-0.4, -0.2) is 20.3 Å². The molecule has 0 aliphatic heterocycles. The summed E-state index contributed by atoms with van der Waals surface area (Å²) in [4.78, 5) is 4.12. The zero-order valence-electron chi connectivity index (χ0n) is 7.94. The van der Waals surface area contributed by atoms with Gasteiger partial charge in [0, 0.05) is 10.9 Å². The van der Waals surface area contributed by atoms with Gasteiger partial charge in [-0.05, 0) is 17.7 Å². The second-order valence-electron chi connectivity index (χ2n) is 3.16. The van der Waals surface area contributed by atoms with E-state index in [-0.39, 0.29) is 6.61 Å². The van der Waals surface area contributed by atoms with Crippen LogP contribution in [0.2, 0.25) is 0 Å². The van der Waals surface area contributed by atoms with E-state index in [9.17, 15) is 0 Å². The molecule has 0 aliphatic rings. The van der Waals surface area contributed by atoms with Crippen LogP contribution in [0, 0.1) is 0 Å². The summed E-state index contributed by atoms with van der Waals surface area (Å²) in [6, 6.07) is 8.00. The van der Waals surface area contributed by atoms with Crippen molar-refractivity contribution in [3.05, 3.63) is 46.0 Å². The number of aromatic nitrogens is 3. The molecule has 2 N–H and O–H groups in total. The van der Waals surface area contributed by atoms with E-state index in [4.69, 9.17) is 5.11 Å².